The van der Waals surface area contributed by atoms with Gasteiger partial charge in [-0.3, -0.25) is 9.69 Å². The number of benzene rings is 1. The van der Waals surface area contributed by atoms with Crippen molar-refractivity contribution in [3.8, 4) is 0 Å². The number of piperazine rings is 1. The molecule has 28 heavy (non-hydrogen) atoms. The minimum Gasteiger partial charge on any atom is -0.376 e. The normalized spacial score (nSPS) is 20.3. The van der Waals surface area contributed by atoms with Crippen LogP contribution >= 0.6 is 0 Å². The average molecular weight is 381 g/mol. The summed E-state index contributed by atoms with van der Waals surface area (Å²) in [6.07, 6.45) is 5.44. The smallest absolute Gasteiger partial charge is 0.254 e. The Morgan fingerprint density at radius 1 is 1.11 bits per heavy atom. The number of nitrogens with zero attached hydrogens (tertiary/aromatic N) is 4. The lowest BCUT2D eigenvalue weighted by molar-refractivity contribution is 0.0857. The number of ether oxygens (including phenoxy) is 1. The van der Waals surface area contributed by atoms with Gasteiger partial charge in [0, 0.05) is 58.3 Å². The molecule has 2 saturated heterocycles. The molecule has 1 aromatic carbocycles. The Balaban J connectivity index is 1.25. The number of amides is 1. The van der Waals surface area contributed by atoms with Crippen molar-refractivity contribution in [2.75, 3.05) is 44.2 Å². The van der Waals surface area contributed by atoms with Gasteiger partial charge in [0.15, 0.2) is 0 Å². The monoisotopic (exact) mass is 381 g/mol. The third-order valence-corrected chi connectivity index (χ3v) is 5.32. The van der Waals surface area contributed by atoms with Gasteiger partial charge in [0.1, 0.15) is 0 Å². The minimum absolute atomic E-state index is 0.135. The Bertz CT molecular complexity index is 754. The van der Waals surface area contributed by atoms with Crippen molar-refractivity contribution in [3.05, 3.63) is 53.9 Å². The van der Waals surface area contributed by atoms with E-state index in [1.165, 1.54) is 5.56 Å². The van der Waals surface area contributed by atoms with Gasteiger partial charge in [0.25, 0.3) is 5.91 Å². The molecule has 7 heteroatoms. The van der Waals surface area contributed by atoms with Crippen LogP contribution < -0.4 is 10.2 Å². The first kappa shape index (κ1) is 18.8. The average Bonchev–Trinajstić information content (AvgIpc) is 3.27. The summed E-state index contributed by atoms with van der Waals surface area (Å²) in [6, 6.07) is 10.5. The van der Waals surface area contributed by atoms with Crippen LogP contribution in [0.25, 0.3) is 0 Å². The Kier molecular flexibility index (Phi) is 6.14. The van der Waals surface area contributed by atoms with Gasteiger partial charge in [-0.15, -0.1) is 0 Å². The molecule has 2 aliphatic heterocycles. The van der Waals surface area contributed by atoms with Gasteiger partial charge in [0.05, 0.1) is 11.7 Å². The quantitative estimate of drug-likeness (QED) is 0.821. The summed E-state index contributed by atoms with van der Waals surface area (Å²) in [7, 11) is 0. The lowest BCUT2D eigenvalue weighted by atomic mass is 10.2. The first-order valence-electron chi connectivity index (χ1n) is 10.0. The summed E-state index contributed by atoms with van der Waals surface area (Å²) >= 11 is 0. The van der Waals surface area contributed by atoms with E-state index in [2.05, 4.69) is 49.4 Å². The molecule has 7 nitrogen and oxygen atoms in total. The molecule has 1 unspecified atom stereocenters. The largest absolute Gasteiger partial charge is 0.376 e. The number of carbonyl (C=O) groups excluding carboxylic acids is 1. The Hall–Kier alpha value is -2.51. The van der Waals surface area contributed by atoms with Crippen LogP contribution in [0, 0.1) is 0 Å². The molecular formula is C21H27N5O2. The second-order valence-electron chi connectivity index (χ2n) is 7.37. The molecular weight excluding hydrogens is 354 g/mol. The lowest BCUT2D eigenvalue weighted by Crippen LogP contribution is -2.46. The zero-order chi connectivity index (χ0) is 19.2. The second kappa shape index (κ2) is 9.12. The molecule has 3 heterocycles. The predicted molar refractivity (Wildman–Crippen MR) is 107 cm³/mol. The maximum Gasteiger partial charge on any atom is 0.254 e. The molecule has 0 bridgehead atoms. The highest BCUT2D eigenvalue weighted by atomic mass is 16.5. The summed E-state index contributed by atoms with van der Waals surface area (Å²) in [5, 5.41) is 2.90. The molecule has 4 rings (SSSR count). The molecule has 0 radical (unpaired) electrons. The molecule has 0 spiro atoms. The summed E-state index contributed by atoms with van der Waals surface area (Å²) in [5.41, 5.74) is 1.83. The number of aromatic nitrogens is 2. The van der Waals surface area contributed by atoms with Crippen LogP contribution in [0.3, 0.4) is 0 Å². The van der Waals surface area contributed by atoms with E-state index in [1.54, 1.807) is 12.4 Å². The minimum atomic E-state index is -0.144. The Morgan fingerprint density at radius 3 is 2.54 bits per heavy atom. The zero-order valence-electron chi connectivity index (χ0n) is 16.1. The van der Waals surface area contributed by atoms with Gasteiger partial charge in [0.2, 0.25) is 5.95 Å². The van der Waals surface area contributed by atoms with Crippen LogP contribution in [0.2, 0.25) is 0 Å². The number of hydrogen-bond donors (Lipinski definition) is 1. The summed E-state index contributed by atoms with van der Waals surface area (Å²) < 4.78 is 5.53. The van der Waals surface area contributed by atoms with Crippen LogP contribution in [-0.4, -0.2) is 66.2 Å². The van der Waals surface area contributed by atoms with Gasteiger partial charge >= 0.3 is 0 Å². The molecule has 0 saturated carbocycles. The van der Waals surface area contributed by atoms with E-state index in [1.807, 2.05) is 6.07 Å². The van der Waals surface area contributed by atoms with Gasteiger partial charge < -0.3 is 15.0 Å². The van der Waals surface area contributed by atoms with E-state index < -0.39 is 0 Å². The van der Waals surface area contributed by atoms with E-state index in [0.717, 1.165) is 52.2 Å². The van der Waals surface area contributed by atoms with Crippen molar-refractivity contribution >= 4 is 11.9 Å². The van der Waals surface area contributed by atoms with Crippen LogP contribution in [0.15, 0.2) is 42.7 Å². The molecule has 2 aliphatic rings. The summed E-state index contributed by atoms with van der Waals surface area (Å²) in [4.78, 5) is 25.7. The van der Waals surface area contributed by atoms with E-state index >= 15 is 0 Å². The standard InChI is InChI=1S/C21H27N5O2/c27-20(22-15-19-7-4-12-28-19)18-13-23-21(24-14-18)26-10-8-25(9-11-26)16-17-5-2-1-3-6-17/h1-3,5-6,13-14,19H,4,7-12,15-16H2,(H,22,27). The van der Waals surface area contributed by atoms with Crippen LogP contribution in [0.4, 0.5) is 5.95 Å². The van der Waals surface area contributed by atoms with Crippen LogP contribution in [0.1, 0.15) is 28.8 Å². The SMILES string of the molecule is O=C(NCC1CCCO1)c1cnc(N2CCN(Cc3ccccc3)CC2)nc1. The molecule has 1 aromatic heterocycles. The van der Waals surface area contributed by atoms with Gasteiger partial charge in [-0.1, -0.05) is 30.3 Å². The number of carbonyl (C=O) groups is 1. The fraction of sp³-hybridized carbons (Fsp3) is 0.476. The number of hydrogen-bond acceptors (Lipinski definition) is 6. The lowest BCUT2D eigenvalue weighted by Gasteiger charge is -2.34. The molecule has 1 atom stereocenters. The van der Waals surface area contributed by atoms with Gasteiger partial charge in [-0.2, -0.15) is 0 Å². The van der Waals surface area contributed by atoms with Crippen LogP contribution in [-0.2, 0) is 11.3 Å². The van der Waals surface area contributed by atoms with E-state index in [-0.39, 0.29) is 12.0 Å². The predicted octanol–water partition coefficient (Wildman–Crippen LogP) is 1.71. The second-order valence-corrected chi connectivity index (χ2v) is 7.37. The zero-order valence-corrected chi connectivity index (χ0v) is 16.1. The molecule has 1 amide bonds. The summed E-state index contributed by atoms with van der Waals surface area (Å²) in [5.74, 6) is 0.546. The highest BCUT2D eigenvalue weighted by molar-refractivity contribution is 5.93. The molecule has 148 valence electrons. The van der Waals surface area contributed by atoms with Gasteiger partial charge in [-0.05, 0) is 18.4 Å². The molecule has 1 N–H and O–H groups in total. The summed E-state index contributed by atoms with van der Waals surface area (Å²) in [6.45, 7) is 6.03. The van der Waals surface area contributed by atoms with Crippen molar-refractivity contribution < 1.29 is 9.53 Å². The van der Waals surface area contributed by atoms with E-state index in [0.29, 0.717) is 18.1 Å². The van der Waals surface area contributed by atoms with Crippen molar-refractivity contribution in [2.24, 2.45) is 0 Å². The molecule has 2 fully saturated rings. The van der Waals surface area contributed by atoms with Gasteiger partial charge in [-0.25, -0.2) is 9.97 Å². The van der Waals surface area contributed by atoms with Crippen molar-refractivity contribution in [2.45, 2.75) is 25.5 Å². The highest BCUT2D eigenvalue weighted by Crippen LogP contribution is 2.14. The number of anilines is 1. The highest BCUT2D eigenvalue weighted by Gasteiger charge is 2.20. The Morgan fingerprint density at radius 2 is 1.86 bits per heavy atom. The third-order valence-electron chi connectivity index (χ3n) is 5.32. The fourth-order valence-corrected chi connectivity index (χ4v) is 3.66. The van der Waals surface area contributed by atoms with E-state index in [4.69, 9.17) is 4.74 Å². The number of rotatable bonds is 6. The fourth-order valence-electron chi connectivity index (χ4n) is 3.66. The first-order valence-corrected chi connectivity index (χ1v) is 10.0. The topological polar surface area (TPSA) is 70.6 Å². The van der Waals surface area contributed by atoms with Crippen molar-refractivity contribution in [3.63, 3.8) is 0 Å². The maximum atomic E-state index is 12.2. The van der Waals surface area contributed by atoms with Crippen LogP contribution in [0.5, 0.6) is 0 Å². The first-order chi connectivity index (χ1) is 13.8. The maximum absolute atomic E-state index is 12.2. The van der Waals surface area contributed by atoms with Crippen molar-refractivity contribution in [1.82, 2.24) is 20.2 Å². The number of nitrogens with one attached hydrogen (secondary N) is 1. The molecule has 0 aliphatic carbocycles. The molecule has 2 aromatic rings. The van der Waals surface area contributed by atoms with E-state index in [9.17, 15) is 4.79 Å². The van der Waals surface area contributed by atoms with Crippen molar-refractivity contribution in [1.29, 1.82) is 0 Å². The Labute approximate surface area is 165 Å². The third kappa shape index (κ3) is 4.85.